The summed E-state index contributed by atoms with van der Waals surface area (Å²) in [5.41, 5.74) is 0.487. The number of carbonyl (C=O) groups is 2. The van der Waals surface area contributed by atoms with Gasteiger partial charge in [-0.2, -0.15) is 0 Å². The van der Waals surface area contributed by atoms with E-state index in [0.717, 1.165) is 32.2 Å². The number of esters is 1. The molecular formula is C18H26O4. The maximum Gasteiger partial charge on any atom is 0.338 e. The molecule has 0 aliphatic rings. The Balaban J connectivity index is 2.41. The summed E-state index contributed by atoms with van der Waals surface area (Å²) in [6.07, 6.45) is 3.68. The normalized spacial score (nSPS) is 11.5. The zero-order valence-corrected chi connectivity index (χ0v) is 13.9. The first-order chi connectivity index (χ1) is 10.3. The van der Waals surface area contributed by atoms with Crippen LogP contribution in [0.3, 0.4) is 0 Å². The summed E-state index contributed by atoms with van der Waals surface area (Å²) in [5.74, 6) is -0.360. The van der Waals surface area contributed by atoms with Crippen LogP contribution in [0.2, 0.25) is 0 Å². The van der Waals surface area contributed by atoms with Crippen LogP contribution in [0.25, 0.3) is 0 Å². The van der Waals surface area contributed by atoms with Crippen molar-refractivity contribution in [3.05, 3.63) is 35.4 Å². The lowest BCUT2D eigenvalue weighted by molar-refractivity contribution is -0.00679. The van der Waals surface area contributed by atoms with Gasteiger partial charge in [-0.05, 0) is 59.1 Å². The SMILES string of the molecule is CC(C)OCCCCC(C)(C)OC(=O)c1ccc(C=O)cc1. The zero-order chi connectivity index (χ0) is 16.6. The minimum atomic E-state index is -0.516. The third-order valence-corrected chi connectivity index (χ3v) is 3.28. The number of ether oxygens (including phenoxy) is 2. The first-order valence-corrected chi connectivity index (χ1v) is 7.74. The molecule has 0 atom stereocenters. The van der Waals surface area contributed by atoms with Gasteiger partial charge in [0.15, 0.2) is 0 Å². The van der Waals surface area contributed by atoms with Crippen molar-refractivity contribution in [1.82, 2.24) is 0 Å². The summed E-state index contributed by atoms with van der Waals surface area (Å²) in [6, 6.07) is 6.44. The fraction of sp³-hybridized carbons (Fsp3) is 0.556. The van der Waals surface area contributed by atoms with Gasteiger partial charge in [0.2, 0.25) is 0 Å². The molecule has 4 heteroatoms. The van der Waals surface area contributed by atoms with Gasteiger partial charge in [-0.3, -0.25) is 4.79 Å². The lowest BCUT2D eigenvalue weighted by atomic mass is 10.0. The van der Waals surface area contributed by atoms with E-state index in [0.29, 0.717) is 11.1 Å². The van der Waals surface area contributed by atoms with E-state index in [1.165, 1.54) is 0 Å². The van der Waals surface area contributed by atoms with E-state index in [2.05, 4.69) is 0 Å². The van der Waals surface area contributed by atoms with E-state index in [1.807, 2.05) is 27.7 Å². The van der Waals surface area contributed by atoms with E-state index in [1.54, 1.807) is 24.3 Å². The molecule has 1 rings (SSSR count). The van der Waals surface area contributed by atoms with Crippen molar-refractivity contribution < 1.29 is 19.1 Å². The van der Waals surface area contributed by atoms with Crippen molar-refractivity contribution in [3.63, 3.8) is 0 Å². The first kappa shape index (κ1) is 18.4. The Morgan fingerprint density at radius 1 is 1.18 bits per heavy atom. The molecular weight excluding hydrogens is 280 g/mol. The van der Waals surface area contributed by atoms with Gasteiger partial charge >= 0.3 is 5.97 Å². The minimum absolute atomic E-state index is 0.250. The van der Waals surface area contributed by atoms with Gasteiger partial charge < -0.3 is 9.47 Å². The van der Waals surface area contributed by atoms with Gasteiger partial charge in [-0.15, -0.1) is 0 Å². The molecule has 0 spiro atoms. The standard InChI is InChI=1S/C18H26O4/c1-14(2)21-12-6-5-11-18(3,4)22-17(20)16-9-7-15(13-19)8-10-16/h7-10,13-14H,5-6,11-12H2,1-4H3. The molecule has 0 saturated carbocycles. The average Bonchev–Trinajstić information content (AvgIpc) is 2.46. The first-order valence-electron chi connectivity index (χ1n) is 7.74. The highest BCUT2D eigenvalue weighted by Crippen LogP contribution is 2.20. The molecule has 1 aromatic rings. The molecule has 0 aliphatic heterocycles. The Kier molecular flexibility index (Phi) is 7.25. The highest BCUT2D eigenvalue weighted by atomic mass is 16.6. The van der Waals surface area contributed by atoms with E-state index in [-0.39, 0.29) is 12.1 Å². The third-order valence-electron chi connectivity index (χ3n) is 3.28. The summed E-state index contributed by atoms with van der Waals surface area (Å²) >= 11 is 0. The number of hydrogen-bond donors (Lipinski definition) is 0. The minimum Gasteiger partial charge on any atom is -0.456 e. The fourth-order valence-corrected chi connectivity index (χ4v) is 2.03. The second kappa shape index (κ2) is 8.69. The van der Waals surface area contributed by atoms with Crippen LogP contribution < -0.4 is 0 Å². The number of benzene rings is 1. The van der Waals surface area contributed by atoms with Crippen molar-refractivity contribution in [3.8, 4) is 0 Å². The van der Waals surface area contributed by atoms with Gasteiger partial charge in [0.1, 0.15) is 11.9 Å². The zero-order valence-electron chi connectivity index (χ0n) is 13.9. The molecule has 122 valence electrons. The van der Waals surface area contributed by atoms with Crippen LogP contribution in [0, 0.1) is 0 Å². The predicted octanol–water partition coefficient (Wildman–Crippen LogP) is 4.03. The molecule has 0 unspecified atom stereocenters. The predicted molar refractivity (Wildman–Crippen MR) is 86.3 cm³/mol. The summed E-state index contributed by atoms with van der Waals surface area (Å²) in [7, 11) is 0. The summed E-state index contributed by atoms with van der Waals surface area (Å²) in [4.78, 5) is 22.7. The van der Waals surface area contributed by atoms with E-state index < -0.39 is 5.60 Å². The highest BCUT2D eigenvalue weighted by Gasteiger charge is 2.23. The number of carbonyl (C=O) groups excluding carboxylic acids is 2. The lowest BCUT2D eigenvalue weighted by Gasteiger charge is -2.25. The van der Waals surface area contributed by atoms with Crippen LogP contribution in [0.1, 0.15) is 67.7 Å². The van der Waals surface area contributed by atoms with Gasteiger partial charge in [-0.25, -0.2) is 4.79 Å². The van der Waals surface area contributed by atoms with Crippen molar-refractivity contribution in [2.24, 2.45) is 0 Å². The molecule has 0 bridgehead atoms. The summed E-state index contributed by atoms with van der Waals surface area (Å²) in [5, 5.41) is 0. The molecule has 0 saturated heterocycles. The highest BCUT2D eigenvalue weighted by molar-refractivity contribution is 5.90. The second-order valence-corrected chi connectivity index (χ2v) is 6.27. The summed E-state index contributed by atoms with van der Waals surface area (Å²) in [6.45, 7) is 8.58. The third kappa shape index (κ3) is 6.85. The largest absolute Gasteiger partial charge is 0.456 e. The molecule has 0 heterocycles. The number of hydrogen-bond acceptors (Lipinski definition) is 4. The van der Waals surface area contributed by atoms with Crippen LogP contribution in [0.5, 0.6) is 0 Å². The molecule has 0 aromatic heterocycles. The number of unbranched alkanes of at least 4 members (excludes halogenated alkanes) is 1. The molecule has 0 radical (unpaired) electrons. The molecule has 0 fully saturated rings. The fourth-order valence-electron chi connectivity index (χ4n) is 2.03. The van der Waals surface area contributed by atoms with Crippen LogP contribution in [0.15, 0.2) is 24.3 Å². The van der Waals surface area contributed by atoms with E-state index >= 15 is 0 Å². The molecule has 4 nitrogen and oxygen atoms in total. The smallest absolute Gasteiger partial charge is 0.338 e. The molecule has 1 aromatic carbocycles. The maximum atomic E-state index is 12.1. The Morgan fingerprint density at radius 2 is 1.82 bits per heavy atom. The van der Waals surface area contributed by atoms with Gasteiger partial charge in [0.05, 0.1) is 11.7 Å². The van der Waals surface area contributed by atoms with Gasteiger partial charge in [0, 0.05) is 12.2 Å². The van der Waals surface area contributed by atoms with Crippen molar-refractivity contribution >= 4 is 12.3 Å². The average molecular weight is 306 g/mol. The van der Waals surface area contributed by atoms with Crippen LogP contribution in [-0.4, -0.2) is 30.6 Å². The van der Waals surface area contributed by atoms with Gasteiger partial charge in [-0.1, -0.05) is 12.1 Å². The Hall–Kier alpha value is -1.68. The lowest BCUT2D eigenvalue weighted by Crippen LogP contribution is -2.28. The van der Waals surface area contributed by atoms with Crippen LogP contribution >= 0.6 is 0 Å². The molecule has 0 amide bonds. The van der Waals surface area contributed by atoms with Crippen LogP contribution in [-0.2, 0) is 9.47 Å². The van der Waals surface area contributed by atoms with E-state index in [9.17, 15) is 9.59 Å². The van der Waals surface area contributed by atoms with Gasteiger partial charge in [0.25, 0.3) is 0 Å². The number of rotatable bonds is 9. The van der Waals surface area contributed by atoms with Crippen molar-refractivity contribution in [2.75, 3.05) is 6.61 Å². The Morgan fingerprint density at radius 3 is 2.36 bits per heavy atom. The second-order valence-electron chi connectivity index (χ2n) is 6.27. The Bertz CT molecular complexity index is 474. The van der Waals surface area contributed by atoms with E-state index in [4.69, 9.17) is 9.47 Å². The molecule has 0 N–H and O–H groups in total. The quantitative estimate of drug-likeness (QED) is 0.393. The summed E-state index contributed by atoms with van der Waals surface area (Å²) < 4.78 is 11.0. The maximum absolute atomic E-state index is 12.1. The monoisotopic (exact) mass is 306 g/mol. The van der Waals surface area contributed by atoms with Crippen LogP contribution in [0.4, 0.5) is 0 Å². The Labute approximate surface area is 132 Å². The van der Waals surface area contributed by atoms with Crippen molar-refractivity contribution in [2.45, 2.75) is 58.7 Å². The van der Waals surface area contributed by atoms with Crippen molar-refractivity contribution in [1.29, 1.82) is 0 Å². The number of aldehydes is 1. The molecule has 0 aliphatic carbocycles. The molecule has 22 heavy (non-hydrogen) atoms. The topological polar surface area (TPSA) is 52.6 Å².